The summed E-state index contributed by atoms with van der Waals surface area (Å²) in [5, 5.41) is 4.12. The molecule has 0 aliphatic carbocycles. The molecule has 1 heterocycles. The molecule has 31 heavy (non-hydrogen) atoms. The minimum Gasteiger partial charge on any atom is -0.350 e. The van der Waals surface area contributed by atoms with Crippen molar-refractivity contribution in [1.82, 2.24) is 0 Å². The molecule has 3 aromatic carbocycles. The van der Waals surface area contributed by atoms with E-state index in [9.17, 15) is 9.59 Å². The highest BCUT2D eigenvalue weighted by molar-refractivity contribution is 8.04. The summed E-state index contributed by atoms with van der Waals surface area (Å²) in [7, 11) is 0. The molecule has 7 heteroatoms. The first-order chi connectivity index (χ1) is 14.8. The number of carbonyl (C=O) groups excluding carboxylic acids is 2. The molecule has 4 nitrogen and oxygen atoms in total. The van der Waals surface area contributed by atoms with Crippen molar-refractivity contribution in [3.8, 4) is 0 Å². The van der Waals surface area contributed by atoms with Crippen LogP contribution in [0.4, 0.5) is 11.4 Å². The number of hydrogen-bond donors (Lipinski definition) is 1. The van der Waals surface area contributed by atoms with Crippen LogP contribution < -0.4 is 10.2 Å². The third-order valence-corrected chi connectivity index (χ3v) is 6.47. The molecule has 4 rings (SSSR count). The highest BCUT2D eigenvalue weighted by Gasteiger charge is 2.41. The zero-order valence-corrected chi connectivity index (χ0v) is 19.1. The average molecular weight is 469 g/mol. The standard InChI is InChI=1S/C24H18Cl2N2O2S/c1-14-7-12-19(15(2)13-14)27-21-22(31-17-10-8-16(25)9-11-17)24(30)28(23(21)29)20-6-4-3-5-18(20)26/h3-13,27H,1-2H3. The highest BCUT2D eigenvalue weighted by atomic mass is 35.5. The number of para-hydroxylation sites is 1. The molecule has 0 fully saturated rings. The van der Waals surface area contributed by atoms with Crippen LogP contribution in [-0.2, 0) is 9.59 Å². The Balaban J connectivity index is 1.78. The number of benzene rings is 3. The maximum Gasteiger partial charge on any atom is 0.283 e. The van der Waals surface area contributed by atoms with Crippen molar-refractivity contribution in [2.24, 2.45) is 0 Å². The Morgan fingerprint density at radius 1 is 0.871 bits per heavy atom. The van der Waals surface area contributed by atoms with Crippen molar-refractivity contribution >= 4 is 58.2 Å². The van der Waals surface area contributed by atoms with Crippen molar-refractivity contribution in [3.63, 3.8) is 0 Å². The molecule has 0 spiro atoms. The maximum atomic E-state index is 13.4. The topological polar surface area (TPSA) is 49.4 Å². The summed E-state index contributed by atoms with van der Waals surface area (Å²) < 4.78 is 0. The molecule has 0 saturated heterocycles. The van der Waals surface area contributed by atoms with Crippen LogP contribution in [0.3, 0.4) is 0 Å². The molecule has 2 amide bonds. The maximum absolute atomic E-state index is 13.4. The molecule has 3 aromatic rings. The highest BCUT2D eigenvalue weighted by Crippen LogP contribution is 2.40. The summed E-state index contributed by atoms with van der Waals surface area (Å²) in [6.07, 6.45) is 0. The molecular formula is C24H18Cl2N2O2S. The van der Waals surface area contributed by atoms with E-state index >= 15 is 0 Å². The summed E-state index contributed by atoms with van der Waals surface area (Å²) in [5.41, 5.74) is 3.42. The Morgan fingerprint density at radius 3 is 2.26 bits per heavy atom. The van der Waals surface area contributed by atoms with E-state index in [2.05, 4.69) is 5.32 Å². The first-order valence-corrected chi connectivity index (χ1v) is 11.1. The summed E-state index contributed by atoms with van der Waals surface area (Å²) in [4.78, 5) is 29.0. The van der Waals surface area contributed by atoms with Gasteiger partial charge in [0.2, 0.25) is 0 Å². The van der Waals surface area contributed by atoms with Crippen LogP contribution >= 0.6 is 35.0 Å². The number of nitrogens with zero attached hydrogens (tertiary/aromatic N) is 1. The van der Waals surface area contributed by atoms with Crippen molar-refractivity contribution in [1.29, 1.82) is 0 Å². The van der Waals surface area contributed by atoms with Gasteiger partial charge in [0.1, 0.15) is 10.6 Å². The van der Waals surface area contributed by atoms with Crippen LogP contribution in [0, 0.1) is 13.8 Å². The minimum absolute atomic E-state index is 0.219. The van der Waals surface area contributed by atoms with E-state index < -0.39 is 11.8 Å². The van der Waals surface area contributed by atoms with Crippen molar-refractivity contribution < 1.29 is 9.59 Å². The molecule has 0 unspecified atom stereocenters. The number of nitrogens with one attached hydrogen (secondary N) is 1. The largest absolute Gasteiger partial charge is 0.350 e. The van der Waals surface area contributed by atoms with Gasteiger partial charge in [0.15, 0.2) is 0 Å². The van der Waals surface area contributed by atoms with E-state index in [1.165, 1.54) is 11.8 Å². The van der Waals surface area contributed by atoms with E-state index in [-0.39, 0.29) is 5.70 Å². The molecule has 0 radical (unpaired) electrons. The number of anilines is 2. The molecule has 1 aliphatic rings. The van der Waals surface area contributed by atoms with Crippen molar-refractivity contribution in [2.45, 2.75) is 18.7 Å². The second-order valence-electron chi connectivity index (χ2n) is 7.10. The number of aryl methyl sites for hydroxylation is 2. The van der Waals surface area contributed by atoms with Gasteiger partial charge in [0, 0.05) is 15.6 Å². The lowest BCUT2D eigenvalue weighted by Crippen LogP contribution is -2.32. The SMILES string of the molecule is Cc1ccc(NC2=C(Sc3ccc(Cl)cc3)C(=O)N(c3ccccc3Cl)C2=O)c(C)c1. The zero-order chi connectivity index (χ0) is 22.1. The van der Waals surface area contributed by atoms with E-state index in [0.29, 0.717) is 20.6 Å². The number of imide groups is 1. The monoisotopic (exact) mass is 468 g/mol. The van der Waals surface area contributed by atoms with Crippen LogP contribution in [-0.4, -0.2) is 11.8 Å². The second kappa shape index (κ2) is 8.79. The van der Waals surface area contributed by atoms with Gasteiger partial charge in [-0.1, -0.05) is 64.8 Å². The lowest BCUT2D eigenvalue weighted by molar-refractivity contribution is -0.120. The second-order valence-corrected chi connectivity index (χ2v) is 9.03. The molecule has 0 aromatic heterocycles. The molecule has 1 aliphatic heterocycles. The lowest BCUT2D eigenvalue weighted by atomic mass is 10.1. The molecule has 0 bridgehead atoms. The van der Waals surface area contributed by atoms with Gasteiger partial charge in [0.05, 0.1) is 10.7 Å². The number of thioether (sulfide) groups is 1. The van der Waals surface area contributed by atoms with Gasteiger partial charge in [0.25, 0.3) is 11.8 Å². The molecule has 156 valence electrons. The van der Waals surface area contributed by atoms with E-state index in [4.69, 9.17) is 23.2 Å². The third-order valence-electron chi connectivity index (χ3n) is 4.81. The van der Waals surface area contributed by atoms with Crippen LogP contribution in [0.1, 0.15) is 11.1 Å². The van der Waals surface area contributed by atoms with Gasteiger partial charge in [-0.25, -0.2) is 4.90 Å². The predicted molar refractivity (Wildman–Crippen MR) is 128 cm³/mol. The Kier molecular flexibility index (Phi) is 6.10. The van der Waals surface area contributed by atoms with Crippen LogP contribution in [0.5, 0.6) is 0 Å². The van der Waals surface area contributed by atoms with Gasteiger partial charge < -0.3 is 5.32 Å². The minimum atomic E-state index is -0.450. The normalized spacial score (nSPS) is 13.9. The number of amides is 2. The Bertz CT molecular complexity index is 1220. The molecule has 0 atom stereocenters. The molecular weight excluding hydrogens is 451 g/mol. The predicted octanol–water partition coefficient (Wildman–Crippen LogP) is 6.60. The summed E-state index contributed by atoms with van der Waals surface area (Å²) >= 11 is 13.5. The van der Waals surface area contributed by atoms with Gasteiger partial charge in [-0.3, -0.25) is 9.59 Å². The fraction of sp³-hybridized carbons (Fsp3) is 0.0833. The average Bonchev–Trinajstić information content (AvgIpc) is 2.96. The Labute approximate surface area is 194 Å². The van der Waals surface area contributed by atoms with E-state index in [1.54, 1.807) is 36.4 Å². The number of carbonyl (C=O) groups is 2. The van der Waals surface area contributed by atoms with Crippen LogP contribution in [0.25, 0.3) is 0 Å². The quantitative estimate of drug-likeness (QED) is 0.428. The Morgan fingerprint density at radius 2 is 1.58 bits per heavy atom. The van der Waals surface area contributed by atoms with Crippen LogP contribution in [0.2, 0.25) is 10.0 Å². The van der Waals surface area contributed by atoms with Crippen LogP contribution in [0.15, 0.2) is 82.2 Å². The van der Waals surface area contributed by atoms with Gasteiger partial charge in [-0.15, -0.1) is 0 Å². The number of halogens is 2. The lowest BCUT2D eigenvalue weighted by Gasteiger charge is -2.17. The van der Waals surface area contributed by atoms with Gasteiger partial charge in [-0.05, 0) is 61.9 Å². The first-order valence-electron chi connectivity index (χ1n) is 9.50. The summed E-state index contributed by atoms with van der Waals surface area (Å²) in [5.74, 6) is -0.875. The van der Waals surface area contributed by atoms with Gasteiger partial charge in [-0.2, -0.15) is 0 Å². The summed E-state index contributed by atoms with van der Waals surface area (Å²) in [6.45, 7) is 3.95. The smallest absolute Gasteiger partial charge is 0.283 e. The van der Waals surface area contributed by atoms with E-state index in [1.807, 2.05) is 44.2 Å². The summed E-state index contributed by atoms with van der Waals surface area (Å²) in [6, 6.07) is 19.8. The third kappa shape index (κ3) is 4.35. The fourth-order valence-corrected chi connectivity index (χ4v) is 4.55. The zero-order valence-electron chi connectivity index (χ0n) is 16.8. The first kappa shape index (κ1) is 21.5. The van der Waals surface area contributed by atoms with Crippen molar-refractivity contribution in [3.05, 3.63) is 98.5 Å². The number of rotatable bonds is 5. The Hall–Kier alpha value is -2.73. The fourth-order valence-electron chi connectivity index (χ4n) is 3.28. The molecule has 1 N–H and O–H groups in total. The van der Waals surface area contributed by atoms with Crippen molar-refractivity contribution in [2.75, 3.05) is 10.2 Å². The van der Waals surface area contributed by atoms with E-state index in [0.717, 1.165) is 26.6 Å². The van der Waals surface area contributed by atoms with Gasteiger partial charge >= 0.3 is 0 Å². The molecule has 0 saturated carbocycles. The number of hydrogen-bond acceptors (Lipinski definition) is 4.